The molecule has 9 heteroatoms. The molecule has 0 aliphatic rings. The lowest BCUT2D eigenvalue weighted by molar-refractivity contribution is 0.0955. The van der Waals surface area contributed by atoms with E-state index in [0.717, 1.165) is 0 Å². The molecule has 9 nitrogen and oxygen atoms in total. The second-order valence-corrected chi connectivity index (χ2v) is 3.60. The third-order valence-electron chi connectivity index (χ3n) is 2.32. The minimum Gasteiger partial charge on any atom is -0.396 e. The molecule has 0 radical (unpaired) electrons. The first kappa shape index (κ1) is 12.5. The quantitative estimate of drug-likeness (QED) is 0.627. The molecule has 2 heterocycles. The van der Waals surface area contributed by atoms with Crippen LogP contribution in [0.25, 0.3) is 5.82 Å². The standard InChI is InChI=1S/C10H11N7O2/c1-13-10(19)6-2-3-7(15-14-6)17-4-5(11)8(16-17)9(12)18/h2-4H,11H2,1H3,(H2,12,18)(H,13,19). The number of carbonyl (C=O) groups excluding carboxylic acids is 2. The van der Waals surface area contributed by atoms with E-state index < -0.39 is 5.91 Å². The molecule has 19 heavy (non-hydrogen) atoms. The van der Waals surface area contributed by atoms with Crippen molar-refractivity contribution in [3.8, 4) is 5.82 Å². The zero-order valence-electron chi connectivity index (χ0n) is 9.99. The predicted molar refractivity (Wildman–Crippen MR) is 65.5 cm³/mol. The van der Waals surface area contributed by atoms with Crippen molar-refractivity contribution in [3.63, 3.8) is 0 Å². The molecule has 2 rings (SSSR count). The number of primary amides is 1. The maximum absolute atomic E-state index is 11.3. The van der Waals surface area contributed by atoms with Crippen LogP contribution in [-0.2, 0) is 0 Å². The van der Waals surface area contributed by atoms with Gasteiger partial charge in [-0.05, 0) is 12.1 Å². The lowest BCUT2D eigenvalue weighted by Crippen LogP contribution is -2.20. The highest BCUT2D eigenvalue weighted by Crippen LogP contribution is 2.11. The normalized spacial score (nSPS) is 10.2. The van der Waals surface area contributed by atoms with Crippen LogP contribution in [0.1, 0.15) is 21.0 Å². The lowest BCUT2D eigenvalue weighted by Gasteiger charge is -2.00. The Labute approximate surface area is 107 Å². The molecule has 0 fully saturated rings. The topological polar surface area (TPSA) is 142 Å². The van der Waals surface area contributed by atoms with Gasteiger partial charge in [0.1, 0.15) is 0 Å². The highest BCUT2D eigenvalue weighted by Gasteiger charge is 2.13. The molecule has 0 saturated carbocycles. The van der Waals surface area contributed by atoms with Crippen LogP contribution in [0, 0.1) is 0 Å². The van der Waals surface area contributed by atoms with Crippen LogP contribution in [-0.4, -0.2) is 38.8 Å². The SMILES string of the molecule is CNC(=O)c1ccc(-n2cc(N)c(C(N)=O)n2)nn1. The molecule has 98 valence electrons. The van der Waals surface area contributed by atoms with Crippen LogP contribution in [0.4, 0.5) is 5.69 Å². The van der Waals surface area contributed by atoms with Gasteiger partial charge in [-0.15, -0.1) is 10.2 Å². The average Bonchev–Trinajstić information content (AvgIpc) is 2.80. The van der Waals surface area contributed by atoms with Gasteiger partial charge < -0.3 is 16.8 Å². The molecule has 0 aliphatic carbocycles. The summed E-state index contributed by atoms with van der Waals surface area (Å²) in [7, 11) is 1.49. The number of aromatic nitrogens is 4. The number of hydrogen-bond acceptors (Lipinski definition) is 6. The fourth-order valence-corrected chi connectivity index (χ4v) is 1.39. The second-order valence-electron chi connectivity index (χ2n) is 3.60. The number of anilines is 1. The van der Waals surface area contributed by atoms with Gasteiger partial charge in [0.25, 0.3) is 11.8 Å². The maximum Gasteiger partial charge on any atom is 0.271 e. The third-order valence-corrected chi connectivity index (χ3v) is 2.32. The fraction of sp³-hybridized carbons (Fsp3) is 0.100. The number of carbonyl (C=O) groups is 2. The van der Waals surface area contributed by atoms with Crippen LogP contribution >= 0.6 is 0 Å². The predicted octanol–water partition coefficient (Wildman–Crippen LogP) is -1.30. The number of nitrogen functional groups attached to an aromatic ring is 1. The van der Waals surface area contributed by atoms with E-state index in [1.54, 1.807) is 0 Å². The van der Waals surface area contributed by atoms with Crippen LogP contribution in [0.2, 0.25) is 0 Å². The summed E-state index contributed by atoms with van der Waals surface area (Å²) in [4.78, 5) is 22.3. The minimum atomic E-state index is -0.730. The van der Waals surface area contributed by atoms with Gasteiger partial charge in [-0.2, -0.15) is 5.10 Å². The van der Waals surface area contributed by atoms with Gasteiger partial charge in [-0.1, -0.05) is 0 Å². The maximum atomic E-state index is 11.3. The lowest BCUT2D eigenvalue weighted by atomic mass is 10.3. The third kappa shape index (κ3) is 2.34. The molecule has 0 bridgehead atoms. The molecule has 2 amide bonds. The summed E-state index contributed by atoms with van der Waals surface area (Å²) >= 11 is 0. The fourth-order valence-electron chi connectivity index (χ4n) is 1.39. The van der Waals surface area contributed by atoms with Crippen LogP contribution in [0.15, 0.2) is 18.3 Å². The first-order valence-electron chi connectivity index (χ1n) is 5.24. The Balaban J connectivity index is 2.35. The van der Waals surface area contributed by atoms with Gasteiger partial charge in [0.05, 0.1) is 11.9 Å². The highest BCUT2D eigenvalue weighted by atomic mass is 16.2. The number of nitrogens with two attached hydrogens (primary N) is 2. The number of hydrogen-bond donors (Lipinski definition) is 3. The van der Waals surface area contributed by atoms with Crippen molar-refractivity contribution in [2.24, 2.45) is 5.73 Å². The summed E-state index contributed by atoms with van der Waals surface area (Å²) in [5.41, 5.74) is 11.0. The summed E-state index contributed by atoms with van der Waals surface area (Å²) in [5, 5.41) is 13.9. The Morgan fingerprint density at radius 2 is 2.05 bits per heavy atom. The van der Waals surface area contributed by atoms with Crippen molar-refractivity contribution in [1.82, 2.24) is 25.3 Å². The van der Waals surface area contributed by atoms with Gasteiger partial charge >= 0.3 is 0 Å². The summed E-state index contributed by atoms with van der Waals surface area (Å²) in [5.74, 6) is -0.769. The molecule has 0 saturated heterocycles. The van der Waals surface area contributed by atoms with Crippen LogP contribution < -0.4 is 16.8 Å². The molecule has 0 unspecified atom stereocenters. The van der Waals surface area contributed by atoms with Crippen molar-refractivity contribution in [1.29, 1.82) is 0 Å². The second kappa shape index (κ2) is 4.72. The van der Waals surface area contributed by atoms with Gasteiger partial charge in [-0.3, -0.25) is 9.59 Å². The Kier molecular flexibility index (Phi) is 3.10. The van der Waals surface area contributed by atoms with E-state index in [4.69, 9.17) is 11.5 Å². The van der Waals surface area contributed by atoms with Crippen molar-refractivity contribution in [2.45, 2.75) is 0 Å². The smallest absolute Gasteiger partial charge is 0.271 e. The van der Waals surface area contributed by atoms with Crippen molar-refractivity contribution >= 4 is 17.5 Å². The van der Waals surface area contributed by atoms with E-state index in [9.17, 15) is 9.59 Å². The van der Waals surface area contributed by atoms with E-state index in [2.05, 4.69) is 20.6 Å². The molecule has 2 aromatic heterocycles. The van der Waals surface area contributed by atoms with E-state index in [-0.39, 0.29) is 23.0 Å². The van der Waals surface area contributed by atoms with Gasteiger partial charge in [-0.25, -0.2) is 4.68 Å². The van der Waals surface area contributed by atoms with Crippen LogP contribution in [0.3, 0.4) is 0 Å². The summed E-state index contributed by atoms with van der Waals surface area (Å²) in [6.07, 6.45) is 1.39. The van der Waals surface area contributed by atoms with Gasteiger partial charge in [0.2, 0.25) is 0 Å². The Morgan fingerprint density at radius 3 is 2.53 bits per heavy atom. The van der Waals surface area contributed by atoms with Crippen LogP contribution in [0.5, 0.6) is 0 Å². The Bertz CT molecular complexity index is 632. The minimum absolute atomic E-state index is 0.0443. The number of nitrogens with zero attached hydrogens (tertiary/aromatic N) is 4. The summed E-state index contributed by atoms with van der Waals surface area (Å²) in [6.45, 7) is 0. The zero-order chi connectivity index (χ0) is 14.0. The summed E-state index contributed by atoms with van der Waals surface area (Å²) < 4.78 is 1.26. The zero-order valence-corrected chi connectivity index (χ0v) is 9.99. The summed E-state index contributed by atoms with van der Waals surface area (Å²) in [6, 6.07) is 3.00. The number of amides is 2. The molecule has 5 N–H and O–H groups in total. The van der Waals surface area contributed by atoms with Crippen molar-refractivity contribution in [2.75, 3.05) is 12.8 Å². The van der Waals surface area contributed by atoms with Gasteiger partial charge in [0, 0.05) is 7.05 Å². The van der Waals surface area contributed by atoms with E-state index >= 15 is 0 Å². The monoisotopic (exact) mass is 261 g/mol. The Hall–Kier alpha value is -2.97. The molecular formula is C10H11N7O2. The first-order valence-corrected chi connectivity index (χ1v) is 5.24. The molecule has 0 atom stereocenters. The molecule has 0 aliphatic heterocycles. The number of nitrogens with one attached hydrogen (secondary N) is 1. The van der Waals surface area contributed by atoms with E-state index in [1.165, 1.54) is 30.1 Å². The Morgan fingerprint density at radius 1 is 1.32 bits per heavy atom. The van der Waals surface area contributed by atoms with Gasteiger partial charge in [0.15, 0.2) is 17.2 Å². The van der Waals surface area contributed by atoms with Crippen molar-refractivity contribution < 1.29 is 9.59 Å². The largest absolute Gasteiger partial charge is 0.396 e. The van der Waals surface area contributed by atoms with E-state index in [0.29, 0.717) is 5.82 Å². The number of rotatable bonds is 3. The van der Waals surface area contributed by atoms with Crippen molar-refractivity contribution in [3.05, 3.63) is 29.7 Å². The highest BCUT2D eigenvalue weighted by molar-refractivity contribution is 5.95. The molecule has 0 aromatic carbocycles. The van der Waals surface area contributed by atoms with E-state index in [1.807, 2.05) is 0 Å². The molecule has 2 aromatic rings. The first-order chi connectivity index (χ1) is 9.02. The molecular weight excluding hydrogens is 250 g/mol. The average molecular weight is 261 g/mol. The molecule has 0 spiro atoms.